The van der Waals surface area contributed by atoms with Gasteiger partial charge in [-0.3, -0.25) is 5.41 Å². The third-order valence-corrected chi connectivity index (χ3v) is 5.64. The fourth-order valence-corrected chi connectivity index (χ4v) is 3.96. The number of hydrogen-bond acceptors (Lipinski definition) is 7. The van der Waals surface area contributed by atoms with Gasteiger partial charge in [0.15, 0.2) is 0 Å². The zero-order valence-corrected chi connectivity index (χ0v) is 22.0. The highest BCUT2D eigenvalue weighted by molar-refractivity contribution is 5.95. The van der Waals surface area contributed by atoms with Gasteiger partial charge in [-0.2, -0.15) is 13.8 Å². The summed E-state index contributed by atoms with van der Waals surface area (Å²) in [6.07, 6.45) is 0. The van der Waals surface area contributed by atoms with E-state index in [4.69, 9.17) is 20.6 Å². The molecule has 0 amide bonds. The minimum atomic E-state index is -1.30. The van der Waals surface area contributed by atoms with E-state index in [2.05, 4.69) is 4.98 Å². The van der Waals surface area contributed by atoms with Crippen LogP contribution in [0, 0.1) is 17.0 Å². The number of hydrogen-bond donors (Lipinski definition) is 3. The van der Waals surface area contributed by atoms with Crippen molar-refractivity contribution in [1.29, 1.82) is 5.41 Å². The molecule has 0 saturated carbocycles. The Labute approximate surface area is 219 Å². The number of benzene rings is 2. The molecule has 0 aliphatic heterocycles. The Morgan fingerprint density at radius 2 is 1.61 bits per heavy atom. The lowest BCUT2D eigenvalue weighted by atomic mass is 10.1. The van der Waals surface area contributed by atoms with Crippen molar-refractivity contribution in [1.82, 2.24) is 4.98 Å². The van der Waals surface area contributed by atoms with Crippen LogP contribution >= 0.6 is 0 Å². The Balaban J connectivity index is 2.21. The normalized spacial score (nSPS) is 11.0. The van der Waals surface area contributed by atoms with Crippen LogP contribution in [0.1, 0.15) is 43.6 Å². The van der Waals surface area contributed by atoms with Crippen LogP contribution in [-0.2, 0) is 0 Å². The Bertz CT molecular complexity index is 1350. The molecule has 1 aromatic heterocycles. The van der Waals surface area contributed by atoms with Crippen molar-refractivity contribution in [3.8, 4) is 23.3 Å². The summed E-state index contributed by atoms with van der Waals surface area (Å²) in [6.45, 7) is 7.11. The summed E-state index contributed by atoms with van der Waals surface area (Å²) in [6, 6.07) is 9.76. The summed E-state index contributed by atoms with van der Waals surface area (Å²) in [7, 11) is 3.48. The molecule has 0 atom stereocenters. The molecule has 1 heterocycles. The Hall–Kier alpha value is -4.41. The lowest BCUT2D eigenvalue weighted by Crippen LogP contribution is -2.38. The van der Waals surface area contributed by atoms with E-state index in [-0.39, 0.29) is 35.0 Å². The highest BCUT2D eigenvalue weighted by atomic mass is 19.1. The van der Waals surface area contributed by atoms with Gasteiger partial charge in [-0.25, -0.2) is 4.79 Å². The van der Waals surface area contributed by atoms with Gasteiger partial charge in [0, 0.05) is 37.4 Å². The number of rotatable bonds is 10. The highest BCUT2D eigenvalue weighted by Crippen LogP contribution is 2.40. The molecule has 0 aliphatic carbocycles. The molecule has 11 heteroatoms. The maximum absolute atomic E-state index is 15.9. The molecule has 38 heavy (non-hydrogen) atoms. The van der Waals surface area contributed by atoms with Gasteiger partial charge in [0.25, 0.3) is 11.8 Å². The summed E-state index contributed by atoms with van der Waals surface area (Å²) in [5, 5.41) is 17.4. The van der Waals surface area contributed by atoms with E-state index in [1.54, 1.807) is 64.9 Å². The van der Waals surface area contributed by atoms with E-state index in [0.29, 0.717) is 11.3 Å². The molecule has 0 fully saturated rings. The number of anilines is 2. The second-order valence-electron chi connectivity index (χ2n) is 9.32. The van der Waals surface area contributed by atoms with Crippen molar-refractivity contribution in [3.05, 3.63) is 65.2 Å². The van der Waals surface area contributed by atoms with Gasteiger partial charge in [-0.15, -0.1) is 0 Å². The standard InChI is InChI=1S/C27H31F2N5O4/c1-14(2)34(15(3)4)23-21(28)25(37-18-9-7-8-16(12-18)24(30)31)32-26(22(23)29)38-20-11-10-17(33(5)6)13-19(20)27(35)36/h7-15H,1-6H3,(H3,30,31)(H,35,36). The second kappa shape index (κ2) is 11.3. The number of pyridine rings is 1. The van der Waals surface area contributed by atoms with Gasteiger partial charge in [-0.05, 0) is 58.0 Å². The van der Waals surface area contributed by atoms with Crippen molar-refractivity contribution in [2.75, 3.05) is 23.9 Å². The van der Waals surface area contributed by atoms with Crippen LogP contribution < -0.4 is 25.0 Å². The van der Waals surface area contributed by atoms with Crippen molar-refractivity contribution in [2.45, 2.75) is 39.8 Å². The molecule has 9 nitrogen and oxygen atoms in total. The number of nitrogens with zero attached hydrogens (tertiary/aromatic N) is 3. The molecule has 0 saturated heterocycles. The van der Waals surface area contributed by atoms with Crippen LogP contribution in [0.15, 0.2) is 42.5 Å². The van der Waals surface area contributed by atoms with Crippen LogP contribution in [0.25, 0.3) is 0 Å². The number of carboxylic acids is 1. The first-order valence-electron chi connectivity index (χ1n) is 11.8. The zero-order valence-electron chi connectivity index (χ0n) is 22.0. The first-order valence-corrected chi connectivity index (χ1v) is 11.8. The minimum Gasteiger partial charge on any atom is -0.478 e. The number of nitrogen functional groups attached to an aromatic ring is 1. The van der Waals surface area contributed by atoms with Crippen LogP contribution in [0.5, 0.6) is 23.3 Å². The van der Waals surface area contributed by atoms with Gasteiger partial charge in [0.1, 0.15) is 28.6 Å². The molecule has 0 spiro atoms. The van der Waals surface area contributed by atoms with Crippen molar-refractivity contribution >= 4 is 23.2 Å². The predicted octanol–water partition coefficient (Wildman–Crippen LogP) is 5.62. The number of nitrogens with one attached hydrogen (secondary N) is 1. The molecule has 0 unspecified atom stereocenters. The number of carbonyl (C=O) groups is 1. The van der Waals surface area contributed by atoms with E-state index < -0.39 is 35.1 Å². The number of ether oxygens (including phenoxy) is 2. The molecule has 0 radical (unpaired) electrons. The molecule has 3 aromatic rings. The van der Waals surface area contributed by atoms with E-state index in [1.807, 2.05) is 0 Å². The van der Waals surface area contributed by atoms with E-state index >= 15 is 8.78 Å². The molecule has 0 aliphatic rings. The Morgan fingerprint density at radius 1 is 1.00 bits per heavy atom. The smallest absolute Gasteiger partial charge is 0.339 e. The van der Waals surface area contributed by atoms with Crippen molar-refractivity contribution in [3.63, 3.8) is 0 Å². The van der Waals surface area contributed by atoms with Gasteiger partial charge < -0.3 is 30.1 Å². The minimum absolute atomic E-state index is 0.106. The largest absolute Gasteiger partial charge is 0.478 e. The van der Waals surface area contributed by atoms with Crippen LogP contribution in [0.2, 0.25) is 0 Å². The van der Waals surface area contributed by atoms with E-state index in [0.717, 1.165) is 0 Å². The molecule has 4 N–H and O–H groups in total. The molecule has 202 valence electrons. The molecule has 0 bridgehead atoms. The third-order valence-electron chi connectivity index (χ3n) is 5.64. The van der Waals surface area contributed by atoms with E-state index in [1.165, 1.54) is 29.2 Å². The van der Waals surface area contributed by atoms with Crippen molar-refractivity contribution in [2.24, 2.45) is 5.73 Å². The molecule has 2 aromatic carbocycles. The molecular formula is C27H31F2N5O4. The lowest BCUT2D eigenvalue weighted by Gasteiger charge is -2.33. The van der Waals surface area contributed by atoms with Crippen LogP contribution in [-0.4, -0.2) is 48.1 Å². The molecule has 3 rings (SSSR count). The SMILES string of the molecule is CC(C)N(c1c(F)c(Oc2cccc(C(=N)N)c2)nc(Oc2ccc(N(C)C)cc2C(=O)O)c1F)C(C)C. The first kappa shape index (κ1) is 28.2. The average molecular weight is 528 g/mol. The van der Waals surface area contributed by atoms with Crippen molar-refractivity contribution < 1.29 is 28.2 Å². The van der Waals surface area contributed by atoms with Crippen LogP contribution in [0.4, 0.5) is 20.2 Å². The monoisotopic (exact) mass is 527 g/mol. The topological polar surface area (TPSA) is 125 Å². The predicted molar refractivity (Wildman–Crippen MR) is 142 cm³/mol. The fraction of sp³-hybridized carbons (Fsp3) is 0.296. The number of aromatic carboxylic acids is 1. The van der Waals surface area contributed by atoms with E-state index in [9.17, 15) is 9.90 Å². The second-order valence-corrected chi connectivity index (χ2v) is 9.32. The lowest BCUT2D eigenvalue weighted by molar-refractivity contribution is 0.0694. The summed E-state index contributed by atoms with van der Waals surface area (Å²) in [4.78, 5) is 19.1. The number of aromatic nitrogens is 1. The quantitative estimate of drug-likeness (QED) is 0.229. The summed E-state index contributed by atoms with van der Waals surface area (Å²) < 4.78 is 43.1. The zero-order chi connectivity index (χ0) is 28.3. The average Bonchev–Trinajstić information content (AvgIpc) is 2.84. The fourth-order valence-electron chi connectivity index (χ4n) is 3.96. The van der Waals surface area contributed by atoms with Gasteiger partial charge in [-0.1, -0.05) is 12.1 Å². The third kappa shape index (κ3) is 5.93. The van der Waals surface area contributed by atoms with Crippen LogP contribution in [0.3, 0.4) is 0 Å². The van der Waals surface area contributed by atoms with Gasteiger partial charge >= 0.3 is 5.97 Å². The Kier molecular flexibility index (Phi) is 8.39. The number of nitrogens with two attached hydrogens (primary N) is 1. The van der Waals surface area contributed by atoms with Gasteiger partial charge in [0.05, 0.1) is 0 Å². The maximum atomic E-state index is 15.9. The highest BCUT2D eigenvalue weighted by Gasteiger charge is 2.31. The summed E-state index contributed by atoms with van der Waals surface area (Å²) >= 11 is 0. The first-order chi connectivity index (χ1) is 17.8. The number of amidine groups is 1. The maximum Gasteiger partial charge on any atom is 0.339 e. The number of halogens is 2. The number of carboxylic acid groups (broad SMARTS) is 1. The Morgan fingerprint density at radius 3 is 2.13 bits per heavy atom. The summed E-state index contributed by atoms with van der Waals surface area (Å²) in [5.41, 5.74) is 5.80. The molecular weight excluding hydrogens is 496 g/mol. The van der Waals surface area contributed by atoms with Gasteiger partial charge in [0.2, 0.25) is 11.6 Å². The summed E-state index contributed by atoms with van der Waals surface area (Å²) in [5.74, 6) is -5.02.